The Bertz CT molecular complexity index is 114. The van der Waals surface area contributed by atoms with E-state index in [-0.39, 0.29) is 18.3 Å². The third kappa shape index (κ3) is 2.17. The van der Waals surface area contributed by atoms with E-state index in [0.717, 1.165) is 12.8 Å². The van der Waals surface area contributed by atoms with E-state index in [2.05, 4.69) is 6.92 Å². The van der Waals surface area contributed by atoms with Crippen molar-refractivity contribution < 1.29 is 9.47 Å². The van der Waals surface area contributed by atoms with Gasteiger partial charge in [-0.05, 0) is 19.3 Å². The van der Waals surface area contributed by atoms with Crippen LogP contribution in [0.2, 0.25) is 0 Å². The molecule has 1 aliphatic rings. The van der Waals surface area contributed by atoms with Crippen LogP contribution >= 0.6 is 0 Å². The lowest BCUT2D eigenvalue weighted by Crippen LogP contribution is -2.20. The van der Waals surface area contributed by atoms with E-state index in [4.69, 9.17) is 16.4 Å². The summed E-state index contributed by atoms with van der Waals surface area (Å²) < 4.78 is 10.9. The first kappa shape index (κ1) is 9.01. The highest BCUT2D eigenvalue weighted by Crippen LogP contribution is 2.21. The van der Waals surface area contributed by atoms with Crippen LogP contribution in [-0.4, -0.2) is 19.0 Å². The normalized spacial score (nSPS) is 34.1. The Balaban J connectivity index is 2.29. The van der Waals surface area contributed by atoms with Gasteiger partial charge in [0, 0.05) is 0 Å². The number of ether oxygens (including phenoxy) is 2. The zero-order chi connectivity index (χ0) is 8.27. The molecule has 64 valence electrons. The number of hydrogen-bond donors (Lipinski definition) is 0. The highest BCUT2D eigenvalue weighted by Gasteiger charge is 2.27. The van der Waals surface area contributed by atoms with Crippen LogP contribution in [0, 0.1) is 12.8 Å². The van der Waals surface area contributed by atoms with Gasteiger partial charge in [0.15, 0.2) is 6.29 Å². The third-order valence-electron chi connectivity index (χ3n) is 2.06. The van der Waals surface area contributed by atoms with Crippen LogP contribution in [0.3, 0.4) is 0 Å². The van der Waals surface area contributed by atoms with Crippen LogP contribution < -0.4 is 0 Å². The molecule has 3 unspecified atom stereocenters. The molecule has 1 rings (SSSR count). The zero-order valence-corrected chi connectivity index (χ0v) is 7.25. The van der Waals surface area contributed by atoms with Crippen molar-refractivity contribution in [2.75, 3.05) is 6.61 Å². The average molecular weight is 156 g/mol. The second kappa shape index (κ2) is 4.07. The van der Waals surface area contributed by atoms with Crippen molar-refractivity contribution in [2.45, 2.75) is 39.1 Å². The highest BCUT2D eigenvalue weighted by atomic mass is 16.7. The highest BCUT2D eigenvalue weighted by molar-refractivity contribution is 4.74. The molecule has 0 N–H and O–H groups in total. The zero-order valence-electron chi connectivity index (χ0n) is 7.25. The van der Waals surface area contributed by atoms with Gasteiger partial charge < -0.3 is 9.47 Å². The molecule has 0 bridgehead atoms. The van der Waals surface area contributed by atoms with Crippen LogP contribution in [0.4, 0.5) is 0 Å². The van der Waals surface area contributed by atoms with E-state index >= 15 is 0 Å². The quantitative estimate of drug-likeness (QED) is 0.621. The van der Waals surface area contributed by atoms with Crippen molar-refractivity contribution in [3.63, 3.8) is 0 Å². The van der Waals surface area contributed by atoms with Crippen LogP contribution in [0.15, 0.2) is 0 Å². The predicted molar refractivity (Wildman–Crippen MR) is 43.0 cm³/mol. The minimum absolute atomic E-state index is 0.0161. The lowest BCUT2D eigenvalue weighted by atomic mass is 10.0. The topological polar surface area (TPSA) is 18.5 Å². The summed E-state index contributed by atoms with van der Waals surface area (Å²) in [4.78, 5) is 0. The maximum absolute atomic E-state index is 5.79. The smallest absolute Gasteiger partial charge is 0.157 e. The Morgan fingerprint density at radius 3 is 2.73 bits per heavy atom. The molecule has 0 aromatic rings. The Morgan fingerprint density at radius 2 is 2.27 bits per heavy atom. The number of hydrogen-bond acceptors (Lipinski definition) is 2. The molecule has 0 aromatic carbocycles. The molecule has 3 atom stereocenters. The summed E-state index contributed by atoms with van der Waals surface area (Å²) >= 11 is 0. The van der Waals surface area contributed by atoms with E-state index in [0.29, 0.717) is 6.61 Å². The molecule has 0 amide bonds. The molecule has 1 fully saturated rings. The van der Waals surface area contributed by atoms with Gasteiger partial charge in [0.2, 0.25) is 0 Å². The van der Waals surface area contributed by atoms with Gasteiger partial charge in [0.25, 0.3) is 0 Å². The first-order chi connectivity index (χ1) is 5.27. The van der Waals surface area contributed by atoms with Gasteiger partial charge in [0.1, 0.15) is 0 Å². The predicted octanol–water partition coefficient (Wildman–Crippen LogP) is 1.88. The van der Waals surface area contributed by atoms with Crippen molar-refractivity contribution in [1.82, 2.24) is 0 Å². The summed E-state index contributed by atoms with van der Waals surface area (Å²) in [7, 11) is 0. The Labute approximate surface area is 68.9 Å². The second-order valence-electron chi connectivity index (χ2n) is 2.92. The fourth-order valence-electron chi connectivity index (χ4n) is 1.18. The molecule has 11 heavy (non-hydrogen) atoms. The molecule has 1 saturated heterocycles. The van der Waals surface area contributed by atoms with Crippen molar-refractivity contribution in [3.8, 4) is 0 Å². The summed E-state index contributed by atoms with van der Waals surface area (Å²) in [6.45, 7) is 10.6. The average Bonchev–Trinajstić information content (AvgIpc) is 2.50. The van der Waals surface area contributed by atoms with Crippen LogP contribution in [0.5, 0.6) is 0 Å². The summed E-state index contributed by atoms with van der Waals surface area (Å²) in [6.07, 6.45) is 1.96. The summed E-state index contributed by atoms with van der Waals surface area (Å²) in [5.41, 5.74) is 0. The van der Waals surface area contributed by atoms with Gasteiger partial charge in [-0.1, -0.05) is 20.3 Å². The maximum Gasteiger partial charge on any atom is 0.157 e. The molecular formula is C9H16O2. The molecule has 2 heteroatoms. The lowest BCUT2D eigenvalue weighted by molar-refractivity contribution is -0.0650. The standard InChI is InChI=1S/C9H16O2/c1-4-7(3)8-6-10-9(5-2)11-8/h3,7-9H,4-6H2,1-2H3. The largest absolute Gasteiger partial charge is 0.350 e. The number of rotatable bonds is 3. The molecule has 2 radical (unpaired) electrons. The van der Waals surface area contributed by atoms with Gasteiger partial charge >= 0.3 is 0 Å². The van der Waals surface area contributed by atoms with E-state index in [9.17, 15) is 0 Å². The summed E-state index contributed by atoms with van der Waals surface area (Å²) in [6, 6.07) is 0. The van der Waals surface area contributed by atoms with Crippen molar-refractivity contribution in [2.24, 2.45) is 5.92 Å². The van der Waals surface area contributed by atoms with Crippen LogP contribution in [-0.2, 0) is 9.47 Å². The molecule has 0 spiro atoms. The molecule has 0 aliphatic carbocycles. The Kier molecular flexibility index (Phi) is 3.34. The van der Waals surface area contributed by atoms with Gasteiger partial charge in [-0.3, -0.25) is 0 Å². The fourth-order valence-corrected chi connectivity index (χ4v) is 1.18. The van der Waals surface area contributed by atoms with Crippen molar-refractivity contribution >= 4 is 0 Å². The fraction of sp³-hybridized carbons (Fsp3) is 0.889. The van der Waals surface area contributed by atoms with Crippen molar-refractivity contribution in [1.29, 1.82) is 0 Å². The minimum Gasteiger partial charge on any atom is -0.350 e. The van der Waals surface area contributed by atoms with E-state index < -0.39 is 0 Å². The monoisotopic (exact) mass is 156 g/mol. The summed E-state index contributed by atoms with van der Waals surface area (Å²) in [5.74, 6) is 0.131. The summed E-state index contributed by atoms with van der Waals surface area (Å²) in [5, 5.41) is 0. The maximum atomic E-state index is 5.79. The third-order valence-corrected chi connectivity index (χ3v) is 2.06. The van der Waals surface area contributed by atoms with Crippen LogP contribution in [0.1, 0.15) is 26.7 Å². The van der Waals surface area contributed by atoms with Crippen LogP contribution in [0.25, 0.3) is 0 Å². The van der Waals surface area contributed by atoms with Gasteiger partial charge in [-0.2, -0.15) is 0 Å². The van der Waals surface area contributed by atoms with E-state index in [1.807, 2.05) is 6.92 Å². The minimum atomic E-state index is -0.0161. The molecular weight excluding hydrogens is 140 g/mol. The molecule has 1 heterocycles. The van der Waals surface area contributed by atoms with Crippen molar-refractivity contribution in [3.05, 3.63) is 6.92 Å². The molecule has 2 nitrogen and oxygen atoms in total. The molecule has 0 saturated carbocycles. The van der Waals surface area contributed by atoms with E-state index in [1.165, 1.54) is 0 Å². The Morgan fingerprint density at radius 1 is 1.55 bits per heavy atom. The molecule has 0 aromatic heterocycles. The first-order valence-electron chi connectivity index (χ1n) is 4.30. The molecule has 1 aliphatic heterocycles. The lowest BCUT2D eigenvalue weighted by Gasteiger charge is -2.15. The van der Waals surface area contributed by atoms with E-state index in [1.54, 1.807) is 0 Å². The Hall–Kier alpha value is -0.0800. The van der Waals surface area contributed by atoms with Gasteiger partial charge in [0.05, 0.1) is 12.7 Å². The first-order valence-corrected chi connectivity index (χ1v) is 4.30. The van der Waals surface area contributed by atoms with Gasteiger partial charge in [-0.25, -0.2) is 0 Å². The van der Waals surface area contributed by atoms with Gasteiger partial charge in [-0.15, -0.1) is 0 Å². The second-order valence-corrected chi connectivity index (χ2v) is 2.92. The SMILES string of the molecule is [CH]C(CC)C1COC(CC)O1.